The summed E-state index contributed by atoms with van der Waals surface area (Å²) in [6.07, 6.45) is 3.13. The number of aryl methyl sites for hydroxylation is 1. The van der Waals surface area contributed by atoms with Gasteiger partial charge in [-0.15, -0.1) is 0 Å². The third kappa shape index (κ3) is 8.99. The van der Waals surface area contributed by atoms with E-state index in [-0.39, 0.29) is 29.9 Å². The molecule has 2 fully saturated rings. The van der Waals surface area contributed by atoms with Crippen LogP contribution in [0.2, 0.25) is 0 Å². The third-order valence-electron chi connectivity index (χ3n) is 15.8. The number of aliphatic hydroxyl groups is 2. The molecule has 3 N–H and O–H groups in total. The molecular weight excluding hydrogens is 881 g/mol. The molecule has 2 aliphatic rings. The zero-order valence-electron chi connectivity index (χ0n) is 40.9. The van der Waals surface area contributed by atoms with Crippen LogP contribution in [0.15, 0.2) is 243 Å². The number of rotatable bonds is 14. The van der Waals surface area contributed by atoms with Crippen molar-refractivity contribution in [3.05, 3.63) is 293 Å². The van der Waals surface area contributed by atoms with E-state index < -0.39 is 11.2 Å². The Labute approximate surface area is 425 Å². The van der Waals surface area contributed by atoms with Crippen LogP contribution < -0.4 is 0 Å². The number of hydrogen-bond acceptors (Lipinski definition) is 5. The minimum atomic E-state index is -1.35. The minimum absolute atomic E-state index is 0.0416. The monoisotopic (exact) mass is 942 g/mol. The van der Waals surface area contributed by atoms with Crippen LogP contribution in [0.25, 0.3) is 22.3 Å². The lowest BCUT2D eigenvalue weighted by molar-refractivity contribution is -0.0185. The number of benzene rings is 9. The van der Waals surface area contributed by atoms with E-state index in [1.165, 1.54) is 22.3 Å². The summed E-state index contributed by atoms with van der Waals surface area (Å²) in [4.78, 5) is 4.91. The van der Waals surface area contributed by atoms with Crippen LogP contribution in [0, 0.1) is 6.92 Å². The van der Waals surface area contributed by atoms with Crippen LogP contribution in [-0.2, 0) is 24.3 Å². The highest BCUT2D eigenvalue weighted by Gasteiger charge is 2.51. The second kappa shape index (κ2) is 20.4. The molecule has 0 amide bonds. The molecule has 0 bridgehead atoms. The first kappa shape index (κ1) is 47.0. The average molecular weight is 943 g/mol. The fourth-order valence-electron chi connectivity index (χ4n) is 12.3. The van der Waals surface area contributed by atoms with E-state index >= 15 is 0 Å². The molecule has 0 spiro atoms. The first-order valence-corrected chi connectivity index (χ1v) is 25.6. The van der Waals surface area contributed by atoms with Gasteiger partial charge in [0.2, 0.25) is 0 Å². The molecule has 9 aromatic carbocycles. The second-order valence-electron chi connectivity index (χ2n) is 20.0. The lowest BCUT2D eigenvalue weighted by Crippen LogP contribution is -2.49. The van der Waals surface area contributed by atoms with Gasteiger partial charge in [-0.1, -0.05) is 248 Å². The number of phenols is 1. The first-order chi connectivity index (χ1) is 35.3. The summed E-state index contributed by atoms with van der Waals surface area (Å²) < 4.78 is 0. The summed E-state index contributed by atoms with van der Waals surface area (Å²) in [6, 6.07) is 82.7. The molecular formula is C67H62N2O3. The molecule has 2 aliphatic heterocycles. The van der Waals surface area contributed by atoms with Gasteiger partial charge in [-0.2, -0.15) is 0 Å². The zero-order chi connectivity index (χ0) is 49.1. The minimum Gasteiger partial charge on any atom is -0.507 e. The van der Waals surface area contributed by atoms with Crippen LogP contribution in [-0.4, -0.2) is 37.2 Å². The lowest BCUT2D eigenvalue weighted by Gasteiger charge is -2.43. The van der Waals surface area contributed by atoms with Gasteiger partial charge in [0.25, 0.3) is 0 Å². The highest BCUT2D eigenvalue weighted by Crippen LogP contribution is 2.51. The molecule has 5 heteroatoms. The Balaban J connectivity index is 1.01. The number of nitrogens with zero attached hydrogens (tertiary/aromatic N) is 2. The molecule has 0 aromatic heterocycles. The lowest BCUT2D eigenvalue weighted by atomic mass is 9.79. The number of phenolic OH excluding ortho intramolecular Hbond substituents is 1. The highest BCUT2D eigenvalue weighted by atomic mass is 16.3. The summed E-state index contributed by atoms with van der Waals surface area (Å²) in [5, 5.41) is 40.0. The third-order valence-corrected chi connectivity index (χ3v) is 15.8. The van der Waals surface area contributed by atoms with Crippen LogP contribution >= 0.6 is 0 Å². The van der Waals surface area contributed by atoms with Crippen molar-refractivity contribution < 1.29 is 15.3 Å². The van der Waals surface area contributed by atoms with Gasteiger partial charge in [-0.3, -0.25) is 9.80 Å². The van der Waals surface area contributed by atoms with Gasteiger partial charge in [0.1, 0.15) is 17.0 Å². The second-order valence-corrected chi connectivity index (χ2v) is 20.0. The summed E-state index contributed by atoms with van der Waals surface area (Å²) >= 11 is 0. The smallest absolute Gasteiger partial charge is 0.130 e. The molecule has 5 nitrogen and oxygen atoms in total. The maximum absolute atomic E-state index is 13.5. The normalized spacial score (nSPS) is 18.6. The highest BCUT2D eigenvalue weighted by molar-refractivity contribution is 5.64. The molecule has 72 heavy (non-hydrogen) atoms. The molecule has 0 radical (unpaired) electrons. The van der Waals surface area contributed by atoms with E-state index in [0.717, 1.165) is 75.8 Å². The number of likely N-dealkylation sites (tertiary alicyclic amines) is 2. The van der Waals surface area contributed by atoms with Gasteiger partial charge in [-0.05, 0) is 88.2 Å². The number of aromatic hydroxyl groups is 1. The van der Waals surface area contributed by atoms with Crippen LogP contribution in [0.1, 0.15) is 87.8 Å². The van der Waals surface area contributed by atoms with Gasteiger partial charge in [0.15, 0.2) is 0 Å². The Morgan fingerprint density at radius 2 is 0.653 bits per heavy atom. The fourth-order valence-corrected chi connectivity index (χ4v) is 12.3. The van der Waals surface area contributed by atoms with E-state index in [9.17, 15) is 15.3 Å². The van der Waals surface area contributed by atoms with Gasteiger partial charge in [-0.25, -0.2) is 0 Å². The molecule has 2 heterocycles. The Kier molecular flexibility index (Phi) is 13.3. The molecule has 0 saturated carbocycles. The number of hydrogen-bond donors (Lipinski definition) is 3. The maximum atomic E-state index is 13.5. The van der Waals surface area contributed by atoms with E-state index in [2.05, 4.69) is 126 Å². The molecule has 0 aliphatic carbocycles. The molecule has 358 valence electrons. The van der Waals surface area contributed by atoms with E-state index in [1.807, 2.05) is 133 Å². The van der Waals surface area contributed by atoms with Crippen LogP contribution in [0.5, 0.6) is 5.75 Å². The summed E-state index contributed by atoms with van der Waals surface area (Å²) in [6.45, 7) is 2.93. The Morgan fingerprint density at radius 3 is 0.958 bits per heavy atom. The molecule has 0 unspecified atom stereocenters. The zero-order valence-corrected chi connectivity index (χ0v) is 40.9. The van der Waals surface area contributed by atoms with Gasteiger partial charge in [0.05, 0.1) is 0 Å². The van der Waals surface area contributed by atoms with E-state index in [4.69, 9.17) is 0 Å². The first-order valence-electron chi connectivity index (χ1n) is 25.6. The fraction of sp³-hybridized carbons (Fsp3) is 0.194. The van der Waals surface area contributed by atoms with Crippen molar-refractivity contribution >= 4 is 0 Å². The molecule has 11 rings (SSSR count). The van der Waals surface area contributed by atoms with Crippen molar-refractivity contribution in [2.45, 2.75) is 81.1 Å². The van der Waals surface area contributed by atoms with Crippen molar-refractivity contribution in [3.63, 3.8) is 0 Å². The predicted molar refractivity (Wildman–Crippen MR) is 291 cm³/mol. The van der Waals surface area contributed by atoms with Crippen molar-refractivity contribution in [2.75, 3.05) is 0 Å². The Morgan fingerprint density at radius 1 is 0.375 bits per heavy atom. The van der Waals surface area contributed by atoms with Crippen molar-refractivity contribution in [1.29, 1.82) is 0 Å². The van der Waals surface area contributed by atoms with Crippen LogP contribution in [0.3, 0.4) is 0 Å². The quantitative estimate of drug-likeness (QED) is 0.101. The van der Waals surface area contributed by atoms with Gasteiger partial charge in [0, 0.05) is 48.4 Å². The molecule has 4 atom stereocenters. The maximum Gasteiger partial charge on any atom is 0.130 e. The Bertz CT molecular complexity index is 2890. The standard InChI is InChI=1S/C67H62N2O3/c1-48-44-55(46-68-61(53-36-32-51(33-37-53)49-20-8-2-9-21-49)40-42-63(68)66(71,57-24-12-4-13-25-57)58-26-14-5-15-27-58)65(70)56(45-48)47-69-62(54-38-34-52(35-39-54)50-22-10-3-11-23-50)41-43-64(69)67(72,59-28-16-6-17-29-59)60-30-18-7-19-31-60/h2-39,44-45,61-64,70-72H,40-43,46-47H2,1H3/t61-,62-,63-,64-/m0/s1. The molecule has 9 aromatic rings. The average Bonchev–Trinajstić information content (AvgIpc) is 4.08. The van der Waals surface area contributed by atoms with Crippen LogP contribution in [0.4, 0.5) is 0 Å². The SMILES string of the molecule is Cc1cc(CN2[C@H](C(O)(c3ccccc3)c3ccccc3)CC[C@H]2c2ccc(-c3ccccc3)cc2)c(O)c(CN2[C@H](C(O)(c3ccccc3)c3ccccc3)CC[C@H]2c2ccc(-c3ccccc3)cc2)c1. The van der Waals surface area contributed by atoms with Gasteiger partial charge >= 0.3 is 0 Å². The summed E-state index contributed by atoms with van der Waals surface area (Å²) in [5.74, 6) is 0.249. The van der Waals surface area contributed by atoms with Gasteiger partial charge < -0.3 is 15.3 Å². The van der Waals surface area contributed by atoms with Crippen molar-refractivity contribution in [3.8, 4) is 28.0 Å². The predicted octanol–water partition coefficient (Wildman–Crippen LogP) is 14.3. The van der Waals surface area contributed by atoms with Crippen molar-refractivity contribution in [2.24, 2.45) is 0 Å². The summed E-state index contributed by atoms with van der Waals surface area (Å²) in [5.41, 5.74) is 10.3. The van der Waals surface area contributed by atoms with E-state index in [1.54, 1.807) is 0 Å². The topological polar surface area (TPSA) is 67.2 Å². The van der Waals surface area contributed by atoms with E-state index in [0.29, 0.717) is 13.1 Å². The van der Waals surface area contributed by atoms with Crippen molar-refractivity contribution in [1.82, 2.24) is 9.80 Å². The summed E-state index contributed by atoms with van der Waals surface area (Å²) in [7, 11) is 0. The molecule has 2 saturated heterocycles. The Hall–Kier alpha value is -7.38. The largest absolute Gasteiger partial charge is 0.507 e.